The number of carboxylic acids is 1. The zero-order valence-electron chi connectivity index (χ0n) is 22.2. The molecule has 10 heteroatoms. The van der Waals surface area contributed by atoms with Crippen molar-refractivity contribution in [1.29, 1.82) is 0 Å². The molecule has 0 unspecified atom stereocenters. The first-order valence-corrected chi connectivity index (χ1v) is 13.4. The minimum Gasteiger partial charge on any atom is -0.481 e. The van der Waals surface area contributed by atoms with Crippen LogP contribution in [0.3, 0.4) is 0 Å². The van der Waals surface area contributed by atoms with Crippen molar-refractivity contribution >= 4 is 52.0 Å². The van der Waals surface area contributed by atoms with Gasteiger partial charge in [0.05, 0.1) is 48.4 Å². The molecule has 1 saturated heterocycles. The van der Waals surface area contributed by atoms with Crippen molar-refractivity contribution in [1.82, 2.24) is 19.6 Å². The Morgan fingerprint density at radius 1 is 0.927 bits per heavy atom. The molecule has 0 saturated carbocycles. The van der Waals surface area contributed by atoms with Gasteiger partial charge < -0.3 is 20.1 Å². The van der Waals surface area contributed by atoms with Gasteiger partial charge in [0, 0.05) is 36.1 Å². The van der Waals surface area contributed by atoms with Crippen LogP contribution >= 0.6 is 0 Å². The third-order valence-corrected chi connectivity index (χ3v) is 6.92. The number of nitrogens with zero attached hydrogens (tertiary/aromatic N) is 5. The summed E-state index contributed by atoms with van der Waals surface area (Å²) in [5.41, 5.74) is 6.42. The molecule has 1 aliphatic heterocycles. The molecule has 0 bridgehead atoms. The minimum atomic E-state index is -1.01. The van der Waals surface area contributed by atoms with Crippen LogP contribution in [0.2, 0.25) is 0 Å². The summed E-state index contributed by atoms with van der Waals surface area (Å²) < 4.78 is 7.40. The third-order valence-electron chi connectivity index (χ3n) is 6.92. The highest BCUT2D eigenvalue weighted by Crippen LogP contribution is 2.31. The molecule has 3 aromatic heterocycles. The predicted molar refractivity (Wildman–Crippen MR) is 158 cm³/mol. The number of rotatable bonds is 8. The van der Waals surface area contributed by atoms with Crippen molar-refractivity contribution in [2.24, 2.45) is 0 Å². The number of carboxylic acid groups (broad SMARTS) is 1. The van der Waals surface area contributed by atoms with Crippen molar-refractivity contribution in [3.63, 3.8) is 0 Å². The lowest BCUT2D eigenvalue weighted by Crippen LogP contribution is -2.36. The molecule has 0 aliphatic carbocycles. The van der Waals surface area contributed by atoms with E-state index in [4.69, 9.17) is 19.8 Å². The SMILES string of the molecule is O=C(O)CCC(=O)Nc1ccc(-c2c(/C=C/c3ccc4ccccc4n3)nc3c(N4CCOCC4)ccnn23)cc1. The predicted octanol–water partition coefficient (Wildman–Crippen LogP) is 4.75. The van der Waals surface area contributed by atoms with Crippen LogP contribution in [0.4, 0.5) is 11.4 Å². The van der Waals surface area contributed by atoms with E-state index in [0.29, 0.717) is 18.9 Å². The van der Waals surface area contributed by atoms with Crippen molar-refractivity contribution in [3.05, 3.63) is 84.3 Å². The van der Waals surface area contributed by atoms with E-state index in [9.17, 15) is 9.59 Å². The topological polar surface area (TPSA) is 122 Å². The first-order chi connectivity index (χ1) is 20.0. The Balaban J connectivity index is 1.38. The van der Waals surface area contributed by atoms with Crippen molar-refractivity contribution in [2.75, 3.05) is 36.5 Å². The number of hydrogen-bond donors (Lipinski definition) is 2. The Hall–Kier alpha value is -5.09. The number of carbonyl (C=O) groups is 2. The number of benzene rings is 2. The second-order valence-corrected chi connectivity index (χ2v) is 9.68. The van der Waals surface area contributed by atoms with Crippen LogP contribution in [0, 0.1) is 0 Å². The Bertz CT molecular complexity index is 1760. The van der Waals surface area contributed by atoms with E-state index in [1.807, 2.05) is 71.3 Å². The summed E-state index contributed by atoms with van der Waals surface area (Å²) in [7, 11) is 0. The summed E-state index contributed by atoms with van der Waals surface area (Å²) in [5.74, 6) is -1.36. The van der Waals surface area contributed by atoms with Crippen molar-refractivity contribution in [2.45, 2.75) is 12.8 Å². The zero-order chi connectivity index (χ0) is 28.2. The van der Waals surface area contributed by atoms with E-state index in [0.717, 1.165) is 58.0 Å². The summed E-state index contributed by atoms with van der Waals surface area (Å²) >= 11 is 0. The summed E-state index contributed by atoms with van der Waals surface area (Å²) in [6.45, 7) is 2.85. The highest BCUT2D eigenvalue weighted by molar-refractivity contribution is 5.93. The lowest BCUT2D eigenvalue weighted by atomic mass is 10.1. The van der Waals surface area contributed by atoms with E-state index in [1.165, 1.54) is 0 Å². The fourth-order valence-corrected chi connectivity index (χ4v) is 4.88. The number of nitrogens with one attached hydrogen (secondary N) is 1. The fraction of sp³-hybridized carbons (Fsp3) is 0.194. The summed E-state index contributed by atoms with van der Waals surface area (Å²) in [4.78, 5) is 35.0. The number of fused-ring (bicyclic) bond motifs is 2. The van der Waals surface area contributed by atoms with E-state index in [1.54, 1.807) is 18.3 Å². The minimum absolute atomic E-state index is 0.0870. The molecule has 41 heavy (non-hydrogen) atoms. The molecular weight excluding hydrogens is 520 g/mol. The summed E-state index contributed by atoms with van der Waals surface area (Å²) in [6, 6.07) is 21.4. The van der Waals surface area contributed by atoms with Gasteiger partial charge in [-0.15, -0.1) is 0 Å². The van der Waals surface area contributed by atoms with Crippen LogP contribution in [0.5, 0.6) is 0 Å². The van der Waals surface area contributed by atoms with Crippen LogP contribution in [0.1, 0.15) is 24.2 Å². The van der Waals surface area contributed by atoms with E-state index < -0.39 is 5.97 Å². The second-order valence-electron chi connectivity index (χ2n) is 9.68. The van der Waals surface area contributed by atoms with Gasteiger partial charge in [0.15, 0.2) is 5.65 Å². The highest BCUT2D eigenvalue weighted by Gasteiger charge is 2.20. The maximum absolute atomic E-state index is 12.1. The molecule has 1 fully saturated rings. The largest absolute Gasteiger partial charge is 0.481 e. The molecule has 4 heterocycles. The van der Waals surface area contributed by atoms with Crippen LogP contribution in [0.15, 0.2) is 72.9 Å². The van der Waals surface area contributed by atoms with Crippen LogP contribution in [0.25, 0.3) is 40.0 Å². The maximum Gasteiger partial charge on any atom is 0.303 e. The lowest BCUT2D eigenvalue weighted by Gasteiger charge is -2.28. The van der Waals surface area contributed by atoms with Crippen LogP contribution in [-0.4, -0.2) is 62.9 Å². The average Bonchev–Trinajstić information content (AvgIpc) is 3.38. The number of pyridine rings is 1. The highest BCUT2D eigenvalue weighted by atomic mass is 16.5. The number of imidazole rings is 1. The fourth-order valence-electron chi connectivity index (χ4n) is 4.88. The molecule has 2 aromatic carbocycles. The quantitative estimate of drug-likeness (QED) is 0.285. The van der Waals surface area contributed by atoms with Gasteiger partial charge in [0.25, 0.3) is 0 Å². The van der Waals surface area contributed by atoms with Crippen molar-refractivity contribution in [3.8, 4) is 11.3 Å². The van der Waals surface area contributed by atoms with Gasteiger partial charge in [-0.3, -0.25) is 9.59 Å². The number of morpholine rings is 1. The third kappa shape index (κ3) is 5.78. The van der Waals surface area contributed by atoms with Gasteiger partial charge in [-0.2, -0.15) is 5.10 Å². The van der Waals surface area contributed by atoms with Crippen LogP contribution < -0.4 is 10.2 Å². The molecule has 1 amide bonds. The maximum atomic E-state index is 12.1. The number of amides is 1. The molecule has 1 aliphatic rings. The second kappa shape index (κ2) is 11.6. The normalized spacial score (nSPS) is 13.7. The van der Waals surface area contributed by atoms with Gasteiger partial charge in [0.2, 0.25) is 5.91 Å². The number of anilines is 2. The Morgan fingerprint density at radius 3 is 2.54 bits per heavy atom. The number of carbonyl (C=O) groups excluding carboxylic acids is 1. The summed E-state index contributed by atoms with van der Waals surface area (Å²) in [6.07, 6.45) is 5.37. The first-order valence-electron chi connectivity index (χ1n) is 13.4. The molecule has 0 atom stereocenters. The lowest BCUT2D eigenvalue weighted by molar-refractivity contribution is -0.138. The van der Waals surface area contributed by atoms with Gasteiger partial charge >= 0.3 is 5.97 Å². The molecule has 10 nitrogen and oxygen atoms in total. The molecule has 0 spiro atoms. The van der Waals surface area contributed by atoms with Gasteiger partial charge in [-0.1, -0.05) is 36.4 Å². The standard InChI is InChI=1S/C31H28N6O4/c38-28(13-14-29(39)40)34-24-9-6-22(7-10-24)30-26(12-11-23-8-5-21-3-1-2-4-25(21)33-23)35-31-27(15-16-32-37(30)31)36-17-19-41-20-18-36/h1-12,15-16H,13-14,17-20H2,(H,34,38)(H,39,40)/b12-11+. The van der Waals surface area contributed by atoms with E-state index >= 15 is 0 Å². The molecule has 6 rings (SSSR count). The Morgan fingerprint density at radius 2 is 1.73 bits per heavy atom. The molecule has 0 radical (unpaired) electrons. The number of para-hydroxylation sites is 1. The monoisotopic (exact) mass is 548 g/mol. The van der Waals surface area contributed by atoms with Gasteiger partial charge in [-0.25, -0.2) is 14.5 Å². The van der Waals surface area contributed by atoms with Gasteiger partial charge in [0.1, 0.15) is 5.69 Å². The van der Waals surface area contributed by atoms with Crippen LogP contribution in [-0.2, 0) is 14.3 Å². The van der Waals surface area contributed by atoms with E-state index in [-0.39, 0.29) is 18.7 Å². The van der Waals surface area contributed by atoms with Crippen molar-refractivity contribution < 1.29 is 19.4 Å². The Kier molecular flexibility index (Phi) is 7.38. The molecule has 206 valence electrons. The molecular formula is C31H28N6O4. The number of aliphatic carboxylic acids is 1. The smallest absolute Gasteiger partial charge is 0.303 e. The van der Waals surface area contributed by atoms with Gasteiger partial charge in [-0.05, 0) is 42.5 Å². The average molecular weight is 549 g/mol. The number of aromatic nitrogens is 4. The summed E-state index contributed by atoms with van der Waals surface area (Å²) in [5, 5.41) is 17.3. The molecule has 2 N–H and O–H groups in total. The molecule has 5 aromatic rings. The van der Waals surface area contributed by atoms with E-state index in [2.05, 4.69) is 15.3 Å². The zero-order valence-corrected chi connectivity index (χ0v) is 22.2. The number of hydrogen-bond acceptors (Lipinski definition) is 7. The Labute approximate surface area is 235 Å². The first kappa shape index (κ1) is 26.1. The number of ether oxygens (including phenoxy) is 1.